The molecule has 178 valence electrons. The molecule has 3 amide bonds. The molecular formula is C22H15F6N3O2S. The Morgan fingerprint density at radius 1 is 0.941 bits per heavy atom. The van der Waals surface area contributed by atoms with Crippen molar-refractivity contribution in [2.75, 3.05) is 11.9 Å². The molecule has 12 heteroatoms. The molecule has 0 fully saturated rings. The number of thioether (sulfide) groups is 1. The molecule has 2 aromatic carbocycles. The van der Waals surface area contributed by atoms with Crippen molar-refractivity contribution in [1.29, 1.82) is 0 Å². The van der Waals surface area contributed by atoms with Gasteiger partial charge in [0.2, 0.25) is 0 Å². The second kappa shape index (κ2) is 10.2. The van der Waals surface area contributed by atoms with Gasteiger partial charge in [-0.2, -0.15) is 13.2 Å². The summed E-state index contributed by atoms with van der Waals surface area (Å²) in [5.41, 5.74) is -5.92. The third-order valence-corrected chi connectivity index (χ3v) is 5.22. The van der Waals surface area contributed by atoms with Crippen LogP contribution in [-0.2, 0) is 6.54 Å². The highest BCUT2D eigenvalue weighted by molar-refractivity contribution is 8.00. The van der Waals surface area contributed by atoms with Crippen molar-refractivity contribution in [1.82, 2.24) is 9.88 Å². The van der Waals surface area contributed by atoms with Crippen LogP contribution in [0.2, 0.25) is 0 Å². The van der Waals surface area contributed by atoms with E-state index in [1.165, 1.54) is 12.3 Å². The fourth-order valence-electron chi connectivity index (χ4n) is 2.96. The quantitative estimate of drug-likeness (QED) is 0.319. The topological polar surface area (TPSA) is 53.5 Å². The fraction of sp³-hybridized carbons (Fsp3) is 0.136. The number of pyridine rings is 1. The van der Waals surface area contributed by atoms with Gasteiger partial charge in [-0.05, 0) is 54.2 Å². The summed E-state index contributed by atoms with van der Waals surface area (Å²) in [5.74, 6) is -4.95. The predicted molar refractivity (Wildman–Crippen MR) is 113 cm³/mol. The Morgan fingerprint density at radius 2 is 1.62 bits per heavy atom. The normalized spacial score (nSPS) is 11.3. The van der Waals surface area contributed by atoms with E-state index < -0.39 is 69.4 Å². The van der Waals surface area contributed by atoms with Crippen molar-refractivity contribution in [3.63, 3.8) is 0 Å². The summed E-state index contributed by atoms with van der Waals surface area (Å²) in [7, 11) is 1.06. The van der Waals surface area contributed by atoms with Crippen molar-refractivity contribution in [3.05, 3.63) is 89.5 Å². The lowest BCUT2D eigenvalue weighted by Gasteiger charge is -2.27. The zero-order valence-electron chi connectivity index (χ0n) is 17.3. The van der Waals surface area contributed by atoms with Crippen LogP contribution in [-0.4, -0.2) is 34.4 Å². The zero-order chi connectivity index (χ0) is 25.0. The molecule has 34 heavy (non-hydrogen) atoms. The predicted octanol–water partition coefficient (Wildman–Crippen LogP) is 6.01. The Labute approximate surface area is 194 Å². The molecule has 1 heterocycles. The number of hydrogen-bond donors (Lipinski definition) is 0. The Balaban J connectivity index is 1.97. The van der Waals surface area contributed by atoms with Gasteiger partial charge in [0, 0.05) is 18.1 Å². The number of amides is 3. The number of benzene rings is 2. The van der Waals surface area contributed by atoms with Gasteiger partial charge in [0.15, 0.2) is 0 Å². The van der Waals surface area contributed by atoms with E-state index in [0.29, 0.717) is 15.9 Å². The lowest BCUT2D eigenvalue weighted by molar-refractivity contribution is -0.0328. The first-order valence-electron chi connectivity index (χ1n) is 9.46. The molecule has 5 nitrogen and oxygen atoms in total. The summed E-state index contributed by atoms with van der Waals surface area (Å²) in [6, 6.07) is 8.54. The molecule has 3 aromatic rings. The Morgan fingerprint density at radius 3 is 2.18 bits per heavy atom. The molecule has 0 radical (unpaired) electrons. The highest BCUT2D eigenvalue weighted by atomic mass is 32.2. The first kappa shape index (κ1) is 25.1. The maximum atomic E-state index is 14.6. The molecule has 0 unspecified atom stereocenters. The number of alkyl halides is 3. The van der Waals surface area contributed by atoms with Crippen LogP contribution in [0, 0.1) is 17.5 Å². The number of nitrogens with zero attached hydrogens (tertiary/aromatic N) is 3. The number of rotatable bonds is 5. The number of carbonyl (C=O) groups excluding carboxylic acids is 2. The van der Waals surface area contributed by atoms with E-state index in [1.54, 1.807) is 12.1 Å². The summed E-state index contributed by atoms with van der Waals surface area (Å²) in [6.45, 7) is -0.514. The van der Waals surface area contributed by atoms with Crippen LogP contribution in [0.5, 0.6) is 0 Å². The van der Waals surface area contributed by atoms with E-state index in [9.17, 15) is 35.9 Å². The molecular weight excluding hydrogens is 484 g/mol. The number of aromatic nitrogens is 1. The monoisotopic (exact) mass is 499 g/mol. The third-order valence-electron chi connectivity index (χ3n) is 4.50. The smallest absolute Gasteiger partial charge is 0.294 e. The van der Waals surface area contributed by atoms with Crippen LogP contribution in [0.4, 0.5) is 36.8 Å². The van der Waals surface area contributed by atoms with Gasteiger partial charge >= 0.3 is 11.5 Å². The molecule has 0 saturated heterocycles. The van der Waals surface area contributed by atoms with Crippen molar-refractivity contribution >= 4 is 29.4 Å². The summed E-state index contributed by atoms with van der Waals surface area (Å²) >= 11 is -0.542. The molecule has 0 atom stereocenters. The molecule has 1 aromatic heterocycles. The third kappa shape index (κ3) is 5.87. The summed E-state index contributed by atoms with van der Waals surface area (Å²) in [6.07, 6.45) is 1.37. The number of imide groups is 1. The van der Waals surface area contributed by atoms with Gasteiger partial charge < -0.3 is 0 Å². The van der Waals surface area contributed by atoms with Crippen molar-refractivity contribution in [2.45, 2.75) is 16.9 Å². The SMILES string of the molecule is CN(C(=O)N(Cc1ccccn1)C(=O)c1c(F)cccc1F)c1ccc(SC(F)(F)F)cc1F. The highest BCUT2D eigenvalue weighted by Gasteiger charge is 2.33. The molecule has 0 N–H and O–H groups in total. The van der Waals surface area contributed by atoms with Crippen LogP contribution in [0.3, 0.4) is 0 Å². The van der Waals surface area contributed by atoms with Crippen molar-refractivity contribution in [3.8, 4) is 0 Å². The molecule has 0 aliphatic heterocycles. The minimum Gasteiger partial charge on any atom is -0.294 e. The fourth-order valence-corrected chi connectivity index (χ4v) is 3.52. The Kier molecular flexibility index (Phi) is 7.50. The van der Waals surface area contributed by atoms with Crippen LogP contribution in [0.25, 0.3) is 0 Å². The van der Waals surface area contributed by atoms with Crippen LogP contribution < -0.4 is 4.90 Å². The lowest BCUT2D eigenvalue weighted by Crippen LogP contribution is -2.45. The van der Waals surface area contributed by atoms with E-state index in [4.69, 9.17) is 0 Å². The summed E-state index contributed by atoms with van der Waals surface area (Å²) in [5, 5.41) is 0. The molecule has 0 spiro atoms. The minimum atomic E-state index is -4.65. The standard InChI is InChI=1S/C22H15F6N3O2S/c1-30(18-9-8-14(11-17(18)25)34-22(26,27)28)21(33)31(12-13-5-2-3-10-29-13)20(32)19-15(23)6-4-7-16(19)24/h2-11H,12H2,1H3. The number of urea groups is 1. The lowest BCUT2D eigenvalue weighted by atomic mass is 10.1. The number of anilines is 1. The van der Waals surface area contributed by atoms with Gasteiger partial charge in [-0.15, -0.1) is 0 Å². The van der Waals surface area contributed by atoms with Gasteiger partial charge in [0.1, 0.15) is 23.0 Å². The average Bonchev–Trinajstić information content (AvgIpc) is 2.76. The van der Waals surface area contributed by atoms with Gasteiger partial charge in [-0.25, -0.2) is 18.0 Å². The largest absolute Gasteiger partial charge is 0.446 e. The Hall–Kier alpha value is -3.54. The average molecular weight is 499 g/mol. The number of carbonyl (C=O) groups is 2. The maximum absolute atomic E-state index is 14.6. The van der Waals surface area contributed by atoms with Crippen molar-refractivity contribution in [2.24, 2.45) is 0 Å². The van der Waals surface area contributed by atoms with E-state index in [-0.39, 0.29) is 5.69 Å². The second-order valence-corrected chi connectivity index (χ2v) is 7.95. The van der Waals surface area contributed by atoms with Crippen LogP contribution in [0.1, 0.15) is 16.1 Å². The van der Waals surface area contributed by atoms with Gasteiger partial charge in [0.25, 0.3) is 5.91 Å². The van der Waals surface area contributed by atoms with Crippen LogP contribution >= 0.6 is 11.8 Å². The first-order chi connectivity index (χ1) is 16.0. The maximum Gasteiger partial charge on any atom is 0.446 e. The molecule has 0 aliphatic carbocycles. The van der Waals surface area contributed by atoms with E-state index in [0.717, 1.165) is 37.4 Å². The molecule has 0 bridgehead atoms. The van der Waals surface area contributed by atoms with E-state index >= 15 is 0 Å². The zero-order valence-corrected chi connectivity index (χ0v) is 18.1. The first-order valence-corrected chi connectivity index (χ1v) is 10.3. The van der Waals surface area contributed by atoms with Gasteiger partial charge in [-0.1, -0.05) is 12.1 Å². The molecule has 3 rings (SSSR count). The van der Waals surface area contributed by atoms with Crippen molar-refractivity contribution < 1.29 is 35.9 Å². The number of hydrogen-bond acceptors (Lipinski definition) is 4. The van der Waals surface area contributed by atoms with E-state index in [2.05, 4.69) is 4.98 Å². The van der Waals surface area contributed by atoms with Gasteiger partial charge in [0.05, 0.1) is 17.9 Å². The highest BCUT2D eigenvalue weighted by Crippen LogP contribution is 2.38. The van der Waals surface area contributed by atoms with E-state index in [1.807, 2.05) is 0 Å². The second-order valence-electron chi connectivity index (χ2n) is 6.81. The molecule has 0 aliphatic rings. The summed E-state index contributed by atoms with van der Waals surface area (Å²) in [4.78, 5) is 30.8. The minimum absolute atomic E-state index is 0.187. The summed E-state index contributed by atoms with van der Waals surface area (Å²) < 4.78 is 80.7. The van der Waals surface area contributed by atoms with Crippen LogP contribution in [0.15, 0.2) is 65.7 Å². The Bertz CT molecular complexity index is 1190. The molecule has 0 saturated carbocycles. The van der Waals surface area contributed by atoms with Gasteiger partial charge in [-0.3, -0.25) is 19.6 Å². The number of halogens is 6.